The molecule has 0 fully saturated rings. The minimum atomic E-state index is -0.541. The van der Waals surface area contributed by atoms with E-state index in [1.807, 2.05) is 30.3 Å². The maximum Gasteiger partial charge on any atom is 0.161 e. The third-order valence-electron chi connectivity index (χ3n) is 4.53. The van der Waals surface area contributed by atoms with Gasteiger partial charge in [0.25, 0.3) is 0 Å². The zero-order valence-corrected chi connectivity index (χ0v) is 17.6. The second kappa shape index (κ2) is 13.0. The summed E-state index contributed by atoms with van der Waals surface area (Å²) in [5.41, 5.74) is 1.08. The molecule has 0 aliphatic heterocycles. The highest BCUT2D eigenvalue weighted by Gasteiger charge is 2.12. The predicted octanol–water partition coefficient (Wildman–Crippen LogP) is 2.34. The van der Waals surface area contributed by atoms with Crippen molar-refractivity contribution in [3.63, 3.8) is 0 Å². The Balaban J connectivity index is 1.75. The van der Waals surface area contributed by atoms with Crippen LogP contribution in [0.1, 0.15) is 19.4 Å². The lowest BCUT2D eigenvalue weighted by Crippen LogP contribution is -2.35. The van der Waals surface area contributed by atoms with Gasteiger partial charge in [-0.05, 0) is 42.9 Å². The number of pyridine rings is 1. The van der Waals surface area contributed by atoms with Crippen LogP contribution in [-0.4, -0.2) is 67.6 Å². The monoisotopic (exact) mass is 403 g/mol. The van der Waals surface area contributed by atoms with Gasteiger partial charge in [0, 0.05) is 25.8 Å². The van der Waals surface area contributed by atoms with Gasteiger partial charge in [-0.3, -0.25) is 4.98 Å². The fourth-order valence-electron chi connectivity index (χ4n) is 2.87. The average Bonchev–Trinajstić information content (AvgIpc) is 2.76. The van der Waals surface area contributed by atoms with Gasteiger partial charge in [-0.25, -0.2) is 0 Å². The molecule has 1 aromatic heterocycles. The summed E-state index contributed by atoms with van der Waals surface area (Å²) in [5, 5.41) is 13.5. The van der Waals surface area contributed by atoms with E-state index in [0.29, 0.717) is 37.7 Å². The lowest BCUT2D eigenvalue weighted by Gasteiger charge is -2.22. The van der Waals surface area contributed by atoms with Crippen LogP contribution in [0.15, 0.2) is 42.7 Å². The van der Waals surface area contributed by atoms with Crippen molar-refractivity contribution in [1.82, 2.24) is 15.2 Å². The van der Waals surface area contributed by atoms with Crippen molar-refractivity contribution in [2.75, 3.05) is 46.5 Å². The van der Waals surface area contributed by atoms with Crippen LogP contribution >= 0.6 is 0 Å². The van der Waals surface area contributed by atoms with E-state index in [1.54, 1.807) is 19.5 Å². The molecular weight excluding hydrogens is 370 g/mol. The number of benzene rings is 1. The van der Waals surface area contributed by atoms with Crippen LogP contribution in [0.2, 0.25) is 0 Å². The van der Waals surface area contributed by atoms with E-state index in [9.17, 15) is 5.11 Å². The van der Waals surface area contributed by atoms with Gasteiger partial charge >= 0.3 is 0 Å². The summed E-state index contributed by atoms with van der Waals surface area (Å²) >= 11 is 0. The Kier molecular flexibility index (Phi) is 10.3. The van der Waals surface area contributed by atoms with Gasteiger partial charge in [0.2, 0.25) is 0 Å². The van der Waals surface area contributed by atoms with Crippen LogP contribution in [0.3, 0.4) is 0 Å². The van der Waals surface area contributed by atoms with Gasteiger partial charge < -0.3 is 29.5 Å². The molecular formula is C22H33N3O4. The zero-order valence-electron chi connectivity index (χ0n) is 17.6. The normalized spacial score (nSPS) is 12.0. The second-order valence-electron chi connectivity index (χ2n) is 6.65. The number of nitrogens with zero attached hydrogens (tertiary/aromatic N) is 2. The molecule has 0 aliphatic carbocycles. The fraction of sp³-hybridized carbons (Fsp3) is 0.500. The number of methoxy groups -OCH3 is 1. The molecule has 7 heteroatoms. The Labute approximate surface area is 173 Å². The molecule has 1 unspecified atom stereocenters. The van der Waals surface area contributed by atoms with Crippen LogP contribution in [0.5, 0.6) is 17.2 Å². The van der Waals surface area contributed by atoms with Crippen LogP contribution in [-0.2, 0) is 6.54 Å². The summed E-state index contributed by atoms with van der Waals surface area (Å²) in [6.45, 7) is 8.78. The SMILES string of the molecule is CCN(CC)CC(O)COc1ccc(CNCCOc2cccnc2)cc1OC. The van der Waals surface area contributed by atoms with Crippen molar-refractivity contribution in [3.05, 3.63) is 48.3 Å². The molecule has 1 aromatic carbocycles. The van der Waals surface area contributed by atoms with Gasteiger partial charge in [-0.2, -0.15) is 0 Å². The van der Waals surface area contributed by atoms with E-state index >= 15 is 0 Å². The van der Waals surface area contributed by atoms with Crippen LogP contribution < -0.4 is 19.5 Å². The van der Waals surface area contributed by atoms with E-state index in [-0.39, 0.29) is 6.61 Å². The molecule has 2 N–H and O–H groups in total. The molecule has 0 radical (unpaired) electrons. The topological polar surface area (TPSA) is 76.1 Å². The number of likely N-dealkylation sites (N-methyl/N-ethyl adjacent to an activating group) is 1. The molecule has 7 nitrogen and oxygen atoms in total. The molecule has 0 saturated heterocycles. The van der Waals surface area contributed by atoms with Crippen molar-refractivity contribution in [3.8, 4) is 17.2 Å². The van der Waals surface area contributed by atoms with E-state index in [0.717, 1.165) is 24.4 Å². The van der Waals surface area contributed by atoms with Gasteiger partial charge in [0.05, 0.1) is 13.3 Å². The Morgan fingerprint density at radius 1 is 1.14 bits per heavy atom. The lowest BCUT2D eigenvalue weighted by molar-refractivity contribution is 0.0705. The minimum Gasteiger partial charge on any atom is -0.493 e. The molecule has 0 bridgehead atoms. The minimum absolute atomic E-state index is 0.232. The number of ether oxygens (including phenoxy) is 3. The molecule has 2 aromatic rings. The van der Waals surface area contributed by atoms with Crippen LogP contribution in [0, 0.1) is 0 Å². The number of hydrogen-bond donors (Lipinski definition) is 2. The average molecular weight is 404 g/mol. The number of nitrogens with one attached hydrogen (secondary N) is 1. The first-order valence-corrected chi connectivity index (χ1v) is 10.1. The number of aliphatic hydroxyl groups excluding tert-OH is 1. The van der Waals surface area contributed by atoms with Crippen LogP contribution in [0.25, 0.3) is 0 Å². The molecule has 0 saturated carbocycles. The Morgan fingerprint density at radius 2 is 1.97 bits per heavy atom. The third kappa shape index (κ3) is 8.27. The van der Waals surface area contributed by atoms with E-state index in [2.05, 4.69) is 29.0 Å². The second-order valence-corrected chi connectivity index (χ2v) is 6.65. The smallest absolute Gasteiger partial charge is 0.161 e. The summed E-state index contributed by atoms with van der Waals surface area (Å²) < 4.78 is 16.8. The first kappa shape index (κ1) is 22.9. The van der Waals surface area contributed by atoms with Crippen molar-refractivity contribution in [2.24, 2.45) is 0 Å². The van der Waals surface area contributed by atoms with E-state index in [4.69, 9.17) is 14.2 Å². The lowest BCUT2D eigenvalue weighted by atomic mass is 10.2. The predicted molar refractivity (Wildman–Crippen MR) is 114 cm³/mol. The summed E-state index contributed by atoms with van der Waals surface area (Å²) in [7, 11) is 1.62. The van der Waals surface area contributed by atoms with Gasteiger partial charge in [-0.15, -0.1) is 0 Å². The Hall–Kier alpha value is -2.35. The maximum absolute atomic E-state index is 10.2. The van der Waals surface area contributed by atoms with Crippen molar-refractivity contribution < 1.29 is 19.3 Å². The highest BCUT2D eigenvalue weighted by atomic mass is 16.5. The van der Waals surface area contributed by atoms with Crippen LogP contribution in [0.4, 0.5) is 0 Å². The zero-order chi connectivity index (χ0) is 20.9. The van der Waals surface area contributed by atoms with Gasteiger partial charge in [0.15, 0.2) is 11.5 Å². The van der Waals surface area contributed by atoms with Gasteiger partial charge in [-0.1, -0.05) is 19.9 Å². The highest BCUT2D eigenvalue weighted by Crippen LogP contribution is 2.28. The van der Waals surface area contributed by atoms with E-state index in [1.165, 1.54) is 0 Å². The fourth-order valence-corrected chi connectivity index (χ4v) is 2.87. The third-order valence-corrected chi connectivity index (χ3v) is 4.53. The highest BCUT2D eigenvalue weighted by molar-refractivity contribution is 5.43. The molecule has 0 aliphatic rings. The molecule has 160 valence electrons. The van der Waals surface area contributed by atoms with Crippen molar-refractivity contribution >= 4 is 0 Å². The number of aromatic nitrogens is 1. The number of hydrogen-bond acceptors (Lipinski definition) is 7. The van der Waals surface area contributed by atoms with Crippen molar-refractivity contribution in [1.29, 1.82) is 0 Å². The summed E-state index contributed by atoms with van der Waals surface area (Å²) in [6, 6.07) is 9.55. The summed E-state index contributed by atoms with van der Waals surface area (Å²) in [5.74, 6) is 2.06. The molecule has 1 heterocycles. The largest absolute Gasteiger partial charge is 0.493 e. The summed E-state index contributed by atoms with van der Waals surface area (Å²) in [4.78, 5) is 6.18. The first-order valence-electron chi connectivity index (χ1n) is 10.1. The van der Waals surface area contributed by atoms with Crippen molar-refractivity contribution in [2.45, 2.75) is 26.5 Å². The molecule has 0 amide bonds. The standard InChI is InChI=1S/C22H33N3O4/c1-4-25(5-2)16-19(26)17-29-21-9-8-18(13-22(21)27-3)14-24-11-12-28-20-7-6-10-23-15-20/h6-10,13,15,19,24,26H,4-5,11-12,14,16-17H2,1-3H3. The maximum atomic E-state index is 10.2. The first-order chi connectivity index (χ1) is 14.2. The van der Waals surface area contributed by atoms with Gasteiger partial charge in [0.1, 0.15) is 25.1 Å². The quantitative estimate of drug-likeness (QED) is 0.469. The molecule has 29 heavy (non-hydrogen) atoms. The molecule has 2 rings (SSSR count). The molecule has 1 atom stereocenters. The number of rotatable bonds is 14. The number of aliphatic hydroxyl groups is 1. The summed E-state index contributed by atoms with van der Waals surface area (Å²) in [6.07, 6.45) is 2.88. The Morgan fingerprint density at radius 3 is 2.66 bits per heavy atom. The molecule has 0 spiro atoms. The Bertz CT molecular complexity index is 696. The van der Waals surface area contributed by atoms with E-state index < -0.39 is 6.10 Å².